The van der Waals surface area contributed by atoms with Gasteiger partial charge < -0.3 is 29.7 Å². The van der Waals surface area contributed by atoms with Crippen LogP contribution in [-0.2, 0) is 28.7 Å². The molecular weight excluding hydrogens is 526 g/mol. The number of fused-ring (bicyclic) bond motifs is 2. The van der Waals surface area contributed by atoms with Gasteiger partial charge in [-0.15, -0.1) is 0 Å². The van der Waals surface area contributed by atoms with Crippen molar-refractivity contribution in [2.45, 2.75) is 103 Å². The topological polar surface area (TPSA) is 125 Å². The summed E-state index contributed by atoms with van der Waals surface area (Å²) >= 11 is 0. The van der Waals surface area contributed by atoms with Crippen molar-refractivity contribution in [3.05, 3.63) is 24.3 Å². The minimum absolute atomic E-state index is 0.0212. The highest BCUT2D eigenvalue weighted by Gasteiger charge is 2.73. The Kier molecular flexibility index (Phi) is 9.04. The summed E-state index contributed by atoms with van der Waals surface area (Å²) in [5.74, 6) is -3.05. The molecule has 6 atom stereocenters. The molecular formula is C31H47N3O7. The molecule has 2 saturated heterocycles. The number of ether oxygens (including phenoxy) is 2. The monoisotopic (exact) mass is 573 g/mol. The molecule has 4 aliphatic heterocycles. The van der Waals surface area contributed by atoms with Crippen molar-refractivity contribution in [1.29, 1.82) is 0 Å². The fraction of sp³-hybridized carbons (Fsp3) is 0.742. The zero-order valence-corrected chi connectivity index (χ0v) is 25.4. The van der Waals surface area contributed by atoms with E-state index < -0.39 is 47.2 Å². The zero-order valence-electron chi connectivity index (χ0n) is 25.4. The number of hydrogen-bond donors (Lipinski definition) is 2. The highest BCUT2D eigenvalue weighted by molar-refractivity contribution is 5.99. The van der Waals surface area contributed by atoms with Gasteiger partial charge in [-0.25, -0.2) is 0 Å². The number of amides is 3. The maximum Gasteiger partial charge on any atom is 0.313 e. The third-order valence-electron chi connectivity index (χ3n) is 8.54. The number of cyclic esters (lactones) is 1. The van der Waals surface area contributed by atoms with Gasteiger partial charge in [0, 0.05) is 31.7 Å². The highest BCUT2D eigenvalue weighted by Crippen LogP contribution is 2.56. The smallest absolute Gasteiger partial charge is 0.313 e. The predicted molar refractivity (Wildman–Crippen MR) is 152 cm³/mol. The Morgan fingerprint density at radius 2 is 1.80 bits per heavy atom. The lowest BCUT2D eigenvalue weighted by atomic mass is 9.74. The van der Waals surface area contributed by atoms with Gasteiger partial charge in [0.1, 0.15) is 23.7 Å². The van der Waals surface area contributed by atoms with Crippen molar-refractivity contribution in [2.75, 3.05) is 26.2 Å². The molecule has 3 amide bonds. The van der Waals surface area contributed by atoms with Crippen LogP contribution >= 0.6 is 0 Å². The number of allylic oxidation sites excluding steroid dienone is 1. The number of nitrogens with zero attached hydrogens (tertiary/aromatic N) is 2. The second kappa shape index (κ2) is 11.9. The Bertz CT molecular complexity index is 1090. The van der Waals surface area contributed by atoms with E-state index in [4.69, 9.17) is 9.47 Å². The van der Waals surface area contributed by atoms with Crippen LogP contribution in [0.25, 0.3) is 0 Å². The van der Waals surface area contributed by atoms with Gasteiger partial charge >= 0.3 is 5.97 Å². The van der Waals surface area contributed by atoms with Crippen LogP contribution in [0.3, 0.4) is 0 Å². The highest BCUT2D eigenvalue weighted by atomic mass is 16.6. The molecule has 10 heteroatoms. The number of carbonyl (C=O) groups excluding carboxylic acids is 4. The number of esters is 1. The second-order valence-electron chi connectivity index (χ2n) is 13.7. The lowest BCUT2D eigenvalue weighted by Crippen LogP contribution is -2.60. The van der Waals surface area contributed by atoms with Crippen molar-refractivity contribution in [2.24, 2.45) is 17.3 Å². The van der Waals surface area contributed by atoms with E-state index in [2.05, 4.69) is 26.1 Å². The Balaban J connectivity index is 1.79. The Morgan fingerprint density at radius 3 is 2.49 bits per heavy atom. The number of rotatable bonds is 6. The number of aliphatic hydroxyl groups is 1. The summed E-state index contributed by atoms with van der Waals surface area (Å²) in [5.41, 5.74) is -1.95. The van der Waals surface area contributed by atoms with Crippen molar-refractivity contribution in [3.63, 3.8) is 0 Å². The maximum absolute atomic E-state index is 14.8. The first-order chi connectivity index (χ1) is 19.2. The average molecular weight is 574 g/mol. The molecule has 4 rings (SSSR count). The summed E-state index contributed by atoms with van der Waals surface area (Å²) < 4.78 is 12.2. The maximum atomic E-state index is 14.8. The summed E-state index contributed by atoms with van der Waals surface area (Å²) in [6, 6.07) is -0.957. The molecule has 0 radical (unpaired) electrons. The normalized spacial score (nSPS) is 33.7. The fourth-order valence-corrected chi connectivity index (χ4v) is 7.20. The molecule has 2 N–H and O–H groups in total. The number of nitrogens with one attached hydrogen (secondary N) is 1. The van der Waals surface area contributed by atoms with Gasteiger partial charge in [-0.3, -0.25) is 19.2 Å². The van der Waals surface area contributed by atoms with Crippen molar-refractivity contribution < 1.29 is 33.8 Å². The summed E-state index contributed by atoms with van der Waals surface area (Å²) in [6.45, 7) is 12.9. The molecule has 4 heterocycles. The Hall–Kier alpha value is -2.72. The van der Waals surface area contributed by atoms with E-state index >= 15 is 0 Å². The lowest BCUT2D eigenvalue weighted by Gasteiger charge is -2.45. The van der Waals surface area contributed by atoms with E-state index in [1.807, 2.05) is 30.9 Å². The largest absolute Gasteiger partial charge is 0.460 e. The van der Waals surface area contributed by atoms with Gasteiger partial charge in [-0.2, -0.15) is 0 Å². The third kappa shape index (κ3) is 6.23. The van der Waals surface area contributed by atoms with E-state index in [0.717, 1.165) is 0 Å². The van der Waals surface area contributed by atoms with Crippen LogP contribution in [0.1, 0.15) is 73.6 Å². The number of aliphatic hydroxyl groups excluding tert-OH is 1. The average Bonchev–Trinajstić information content (AvgIpc) is 3.50. The van der Waals surface area contributed by atoms with Gasteiger partial charge in [0.25, 0.3) is 0 Å². The van der Waals surface area contributed by atoms with E-state index in [1.54, 1.807) is 24.0 Å². The molecule has 10 nitrogen and oxygen atoms in total. The Labute approximate surface area is 243 Å². The predicted octanol–water partition coefficient (Wildman–Crippen LogP) is 2.35. The summed E-state index contributed by atoms with van der Waals surface area (Å²) in [7, 11) is 0. The van der Waals surface area contributed by atoms with Crippen LogP contribution in [0.5, 0.6) is 0 Å². The molecule has 4 aliphatic rings. The molecule has 0 aliphatic carbocycles. The van der Waals surface area contributed by atoms with Crippen molar-refractivity contribution in [1.82, 2.24) is 15.1 Å². The molecule has 0 aromatic heterocycles. The van der Waals surface area contributed by atoms with E-state index in [1.165, 1.54) is 0 Å². The van der Waals surface area contributed by atoms with Gasteiger partial charge in [-0.1, -0.05) is 45.1 Å². The van der Waals surface area contributed by atoms with Crippen LogP contribution in [0.4, 0.5) is 0 Å². The van der Waals surface area contributed by atoms with Crippen molar-refractivity contribution >= 4 is 23.7 Å². The first-order valence-electron chi connectivity index (χ1n) is 14.9. The zero-order chi connectivity index (χ0) is 30.2. The van der Waals surface area contributed by atoms with E-state index in [0.29, 0.717) is 32.2 Å². The van der Waals surface area contributed by atoms with Gasteiger partial charge in [0.15, 0.2) is 0 Å². The number of likely N-dealkylation sites (tertiary alicyclic amines) is 1. The molecule has 5 bridgehead atoms. The van der Waals surface area contributed by atoms with Gasteiger partial charge in [0.05, 0.1) is 18.6 Å². The van der Waals surface area contributed by atoms with Crippen LogP contribution in [0.2, 0.25) is 0 Å². The first kappa shape index (κ1) is 31.2. The summed E-state index contributed by atoms with van der Waals surface area (Å²) in [5, 5.41) is 12.2. The standard InChI is InChI=1S/C31H47N3O7/c1-20-18-32-22(36)12-8-7-9-16-34(30(5,6)19-29(2,3)4)27(38)25-31-14-13-21(41-31)23(28(39)40-20)24(31)26(37)33(25)15-10-11-17-35/h7,9,13-14,20-21,23-25,35H,8,10-12,15-19H2,1-6H3,(H,32,36)/b9-7-/t20-,21+,23-,24-,25+,31-/m1/s1. The quantitative estimate of drug-likeness (QED) is 0.284. The SMILES string of the molecule is C[C@@H]1CNC(=O)CC/C=C\CN(C(C)(C)CC(C)(C)C)C(=O)[C@@H]2N(CCCCO)C(=O)[C@H]3[C@H](C(=O)O1)[C@@H]1C=C[C@]23O1. The fourth-order valence-electron chi connectivity index (χ4n) is 7.20. The molecule has 228 valence electrons. The molecule has 0 unspecified atom stereocenters. The molecule has 0 aromatic carbocycles. The molecule has 2 fully saturated rings. The van der Waals surface area contributed by atoms with Gasteiger partial charge in [0.2, 0.25) is 17.7 Å². The molecule has 0 saturated carbocycles. The third-order valence-corrected chi connectivity index (χ3v) is 8.54. The van der Waals surface area contributed by atoms with Gasteiger partial charge in [-0.05, 0) is 51.9 Å². The summed E-state index contributed by atoms with van der Waals surface area (Å²) in [4.78, 5) is 58.2. The lowest BCUT2D eigenvalue weighted by molar-refractivity contribution is -0.159. The second-order valence-corrected chi connectivity index (χ2v) is 13.7. The van der Waals surface area contributed by atoms with Crippen molar-refractivity contribution in [3.8, 4) is 0 Å². The van der Waals surface area contributed by atoms with Crippen LogP contribution in [0, 0.1) is 17.3 Å². The number of carbonyl (C=O) groups is 4. The Morgan fingerprint density at radius 1 is 1.07 bits per heavy atom. The number of unbranched alkanes of at least 4 members (excludes halogenated alkanes) is 1. The molecule has 0 aromatic rings. The van der Waals surface area contributed by atoms with Crippen LogP contribution in [-0.4, -0.2) is 94.2 Å². The minimum Gasteiger partial charge on any atom is -0.460 e. The minimum atomic E-state index is -1.28. The van der Waals surface area contributed by atoms with E-state index in [9.17, 15) is 24.3 Å². The molecule has 1 spiro atoms. The molecule has 41 heavy (non-hydrogen) atoms. The van der Waals surface area contributed by atoms with Crippen LogP contribution < -0.4 is 5.32 Å². The summed E-state index contributed by atoms with van der Waals surface area (Å²) in [6.07, 6.45) is 8.60. The first-order valence-corrected chi connectivity index (χ1v) is 14.9. The van der Waals surface area contributed by atoms with E-state index in [-0.39, 0.29) is 49.3 Å². The number of hydrogen-bond acceptors (Lipinski definition) is 7. The van der Waals surface area contributed by atoms with Crippen LogP contribution in [0.15, 0.2) is 24.3 Å².